The fraction of sp³-hybridized carbons (Fsp3) is 0.545. The van der Waals surface area contributed by atoms with Gasteiger partial charge in [-0.05, 0) is 18.8 Å². The molecule has 12 heavy (non-hydrogen) atoms. The van der Waals surface area contributed by atoms with Gasteiger partial charge in [0, 0.05) is 12.0 Å². The molecule has 0 radical (unpaired) electrons. The summed E-state index contributed by atoms with van der Waals surface area (Å²) in [5.74, 6) is 0.285. The second-order valence-corrected chi connectivity index (χ2v) is 4.01. The highest BCUT2D eigenvalue weighted by Crippen LogP contribution is 2.31. The minimum Gasteiger partial charge on any atom is -0.294 e. The van der Waals surface area contributed by atoms with Crippen molar-refractivity contribution in [3.05, 3.63) is 23.8 Å². The standard InChI is InChI=1S/C11H16O/c1-4-5-9-8-11(2,3)7-6-10(9)12/h4-5,8H,6-7H2,1-3H3/b5-4+. The predicted octanol–water partition coefficient (Wildman–Crippen LogP) is 2.88. The smallest absolute Gasteiger partial charge is 0.162 e. The Bertz CT molecular complexity index is 244. The molecular formula is C11H16O. The Kier molecular flexibility index (Phi) is 2.51. The van der Waals surface area contributed by atoms with Gasteiger partial charge >= 0.3 is 0 Å². The molecule has 0 fully saturated rings. The summed E-state index contributed by atoms with van der Waals surface area (Å²) >= 11 is 0. The Morgan fingerprint density at radius 1 is 1.50 bits per heavy atom. The summed E-state index contributed by atoms with van der Waals surface area (Å²) in [5, 5.41) is 0. The number of Topliss-reactive ketones (excluding diaryl/α,β-unsaturated/α-hetero) is 1. The van der Waals surface area contributed by atoms with Crippen molar-refractivity contribution < 1.29 is 4.79 Å². The molecule has 0 N–H and O–H groups in total. The number of ketones is 1. The van der Waals surface area contributed by atoms with Crippen molar-refractivity contribution in [3.63, 3.8) is 0 Å². The van der Waals surface area contributed by atoms with E-state index in [9.17, 15) is 4.79 Å². The summed E-state index contributed by atoms with van der Waals surface area (Å²) in [6.07, 6.45) is 7.59. The zero-order chi connectivity index (χ0) is 9.19. The fourth-order valence-corrected chi connectivity index (χ4v) is 1.47. The Balaban J connectivity index is 2.93. The third-order valence-electron chi connectivity index (χ3n) is 2.21. The van der Waals surface area contributed by atoms with Crippen LogP contribution in [0.25, 0.3) is 0 Å². The number of allylic oxidation sites excluding steroid dienone is 4. The molecule has 0 aromatic heterocycles. The zero-order valence-corrected chi connectivity index (χ0v) is 8.05. The van der Waals surface area contributed by atoms with Gasteiger partial charge in [0.15, 0.2) is 5.78 Å². The van der Waals surface area contributed by atoms with Crippen molar-refractivity contribution in [3.8, 4) is 0 Å². The first-order chi connectivity index (χ1) is 5.55. The van der Waals surface area contributed by atoms with E-state index >= 15 is 0 Å². The third-order valence-corrected chi connectivity index (χ3v) is 2.21. The lowest BCUT2D eigenvalue weighted by Crippen LogP contribution is -2.18. The van der Waals surface area contributed by atoms with Gasteiger partial charge in [-0.25, -0.2) is 0 Å². The van der Waals surface area contributed by atoms with E-state index in [1.165, 1.54) is 0 Å². The average molecular weight is 164 g/mol. The molecule has 0 saturated heterocycles. The summed E-state index contributed by atoms with van der Waals surface area (Å²) in [4.78, 5) is 11.4. The van der Waals surface area contributed by atoms with Gasteiger partial charge < -0.3 is 0 Å². The van der Waals surface area contributed by atoms with Gasteiger partial charge in [-0.15, -0.1) is 0 Å². The summed E-state index contributed by atoms with van der Waals surface area (Å²) in [6.45, 7) is 6.28. The summed E-state index contributed by atoms with van der Waals surface area (Å²) < 4.78 is 0. The van der Waals surface area contributed by atoms with Crippen molar-refractivity contribution in [2.75, 3.05) is 0 Å². The van der Waals surface area contributed by atoms with Crippen LogP contribution >= 0.6 is 0 Å². The molecule has 1 rings (SSSR count). The van der Waals surface area contributed by atoms with Crippen LogP contribution in [0.3, 0.4) is 0 Å². The second-order valence-electron chi connectivity index (χ2n) is 4.01. The monoisotopic (exact) mass is 164 g/mol. The van der Waals surface area contributed by atoms with Crippen molar-refractivity contribution in [1.82, 2.24) is 0 Å². The van der Waals surface area contributed by atoms with Crippen LogP contribution in [0.5, 0.6) is 0 Å². The van der Waals surface area contributed by atoms with Crippen molar-refractivity contribution in [2.45, 2.75) is 33.6 Å². The highest BCUT2D eigenvalue weighted by Gasteiger charge is 2.24. The van der Waals surface area contributed by atoms with E-state index in [-0.39, 0.29) is 11.2 Å². The van der Waals surface area contributed by atoms with E-state index in [0.717, 1.165) is 12.0 Å². The van der Waals surface area contributed by atoms with Gasteiger partial charge in [0.25, 0.3) is 0 Å². The van der Waals surface area contributed by atoms with Crippen molar-refractivity contribution in [2.24, 2.45) is 5.41 Å². The first-order valence-corrected chi connectivity index (χ1v) is 4.44. The van der Waals surface area contributed by atoms with E-state index in [2.05, 4.69) is 19.9 Å². The summed E-state index contributed by atoms with van der Waals surface area (Å²) in [6, 6.07) is 0. The Morgan fingerprint density at radius 2 is 2.17 bits per heavy atom. The first kappa shape index (κ1) is 9.24. The minimum atomic E-state index is 0.197. The first-order valence-electron chi connectivity index (χ1n) is 4.44. The van der Waals surface area contributed by atoms with Crippen molar-refractivity contribution in [1.29, 1.82) is 0 Å². The van der Waals surface area contributed by atoms with Crippen LogP contribution < -0.4 is 0 Å². The molecule has 0 heterocycles. The van der Waals surface area contributed by atoms with Crippen LogP contribution in [-0.2, 0) is 4.79 Å². The maximum Gasteiger partial charge on any atom is 0.162 e. The molecular weight excluding hydrogens is 148 g/mol. The Labute approximate surface area is 74.2 Å². The van der Waals surface area contributed by atoms with E-state index in [1.807, 2.05) is 19.1 Å². The SMILES string of the molecule is C/C=C/C1=CC(C)(C)CCC1=O. The molecule has 1 nitrogen and oxygen atoms in total. The molecule has 0 amide bonds. The van der Waals surface area contributed by atoms with E-state index in [4.69, 9.17) is 0 Å². The van der Waals surface area contributed by atoms with Crippen LogP contribution in [-0.4, -0.2) is 5.78 Å². The maximum atomic E-state index is 11.4. The highest BCUT2D eigenvalue weighted by molar-refractivity contribution is 5.98. The van der Waals surface area contributed by atoms with Crippen LogP contribution in [0.15, 0.2) is 23.8 Å². The highest BCUT2D eigenvalue weighted by atomic mass is 16.1. The number of hydrogen-bond acceptors (Lipinski definition) is 1. The Morgan fingerprint density at radius 3 is 2.75 bits per heavy atom. The lowest BCUT2D eigenvalue weighted by atomic mass is 9.79. The third kappa shape index (κ3) is 2.07. The van der Waals surface area contributed by atoms with Crippen molar-refractivity contribution >= 4 is 5.78 Å². The molecule has 1 aliphatic carbocycles. The average Bonchev–Trinajstić information content (AvgIpc) is 1.97. The summed E-state index contributed by atoms with van der Waals surface area (Å²) in [5.41, 5.74) is 1.08. The molecule has 0 bridgehead atoms. The van der Waals surface area contributed by atoms with Crippen LogP contribution in [0.1, 0.15) is 33.6 Å². The molecule has 0 saturated carbocycles. The molecule has 0 aliphatic heterocycles. The maximum absolute atomic E-state index is 11.4. The van der Waals surface area contributed by atoms with Gasteiger partial charge in [-0.2, -0.15) is 0 Å². The predicted molar refractivity (Wildman–Crippen MR) is 50.9 cm³/mol. The second kappa shape index (κ2) is 3.26. The molecule has 0 aromatic carbocycles. The molecule has 1 aliphatic rings. The number of rotatable bonds is 1. The van der Waals surface area contributed by atoms with Crippen LogP contribution in [0, 0.1) is 5.41 Å². The summed E-state index contributed by atoms with van der Waals surface area (Å²) in [7, 11) is 0. The molecule has 0 unspecified atom stereocenters. The van der Waals surface area contributed by atoms with Gasteiger partial charge in [0.1, 0.15) is 0 Å². The number of carbonyl (C=O) groups excluding carboxylic acids is 1. The molecule has 0 aromatic rings. The van der Waals surface area contributed by atoms with E-state index in [1.54, 1.807) is 0 Å². The normalized spacial score (nSPS) is 22.9. The molecule has 1 heteroatoms. The molecule has 66 valence electrons. The number of carbonyl (C=O) groups is 1. The topological polar surface area (TPSA) is 17.1 Å². The zero-order valence-electron chi connectivity index (χ0n) is 8.05. The quantitative estimate of drug-likeness (QED) is 0.582. The minimum absolute atomic E-state index is 0.197. The largest absolute Gasteiger partial charge is 0.294 e. The molecule has 0 atom stereocenters. The van der Waals surface area contributed by atoms with Gasteiger partial charge in [0.05, 0.1) is 0 Å². The van der Waals surface area contributed by atoms with Crippen LogP contribution in [0.2, 0.25) is 0 Å². The fourth-order valence-electron chi connectivity index (χ4n) is 1.47. The lowest BCUT2D eigenvalue weighted by molar-refractivity contribution is -0.116. The lowest BCUT2D eigenvalue weighted by Gasteiger charge is -2.25. The van der Waals surface area contributed by atoms with Gasteiger partial charge in [-0.3, -0.25) is 4.79 Å². The van der Waals surface area contributed by atoms with Crippen LogP contribution in [0.4, 0.5) is 0 Å². The number of hydrogen-bond donors (Lipinski definition) is 0. The van der Waals surface area contributed by atoms with Gasteiger partial charge in [-0.1, -0.05) is 32.1 Å². The Hall–Kier alpha value is -0.850. The van der Waals surface area contributed by atoms with E-state index in [0.29, 0.717) is 6.42 Å². The van der Waals surface area contributed by atoms with E-state index < -0.39 is 0 Å². The van der Waals surface area contributed by atoms with Gasteiger partial charge in [0.2, 0.25) is 0 Å². The molecule has 0 spiro atoms.